The van der Waals surface area contributed by atoms with Crippen LogP contribution < -0.4 is 4.90 Å². The van der Waals surface area contributed by atoms with Crippen LogP contribution in [0.5, 0.6) is 0 Å². The molecule has 0 bridgehead atoms. The molecule has 0 aliphatic carbocycles. The summed E-state index contributed by atoms with van der Waals surface area (Å²) in [6.45, 7) is 10.3. The van der Waals surface area contributed by atoms with Gasteiger partial charge in [0, 0.05) is 50.4 Å². The summed E-state index contributed by atoms with van der Waals surface area (Å²) in [5.41, 5.74) is 0.959. The highest BCUT2D eigenvalue weighted by Crippen LogP contribution is 2.24. The number of nitro benzene ring substituents is 2. The second kappa shape index (κ2) is 12.5. The Morgan fingerprint density at radius 2 is 1.37 bits per heavy atom. The Kier molecular flexibility index (Phi) is 9.36. The van der Waals surface area contributed by atoms with E-state index >= 15 is 0 Å². The summed E-state index contributed by atoms with van der Waals surface area (Å²) in [6, 6.07) is 11.9. The predicted octanol–water partition coefficient (Wildman–Crippen LogP) is 5.67. The lowest BCUT2D eigenvalue weighted by Gasteiger charge is -2.28. The van der Waals surface area contributed by atoms with E-state index in [0.717, 1.165) is 0 Å². The van der Waals surface area contributed by atoms with Gasteiger partial charge in [-0.15, -0.1) is 0 Å². The van der Waals surface area contributed by atoms with Crippen LogP contribution in [0.2, 0.25) is 0 Å². The Bertz CT molecular complexity index is 1460. The van der Waals surface area contributed by atoms with Crippen LogP contribution in [0.3, 0.4) is 0 Å². The van der Waals surface area contributed by atoms with Crippen molar-refractivity contribution < 1.29 is 9.85 Å². The number of nitro groups is 2. The summed E-state index contributed by atoms with van der Waals surface area (Å²) in [6.07, 6.45) is 0. The maximum absolute atomic E-state index is 11.2. The molecule has 14 heteroatoms. The number of rotatable bonds is 9. The van der Waals surface area contributed by atoms with Gasteiger partial charge in [0.05, 0.1) is 21.2 Å². The first-order chi connectivity index (χ1) is 18.2. The normalized spacial score (nSPS) is 11.3. The minimum Gasteiger partial charge on any atom is -0.342 e. The van der Waals surface area contributed by atoms with E-state index in [1.54, 1.807) is 33.4 Å². The van der Waals surface area contributed by atoms with Crippen LogP contribution in [0, 0.1) is 29.8 Å². The van der Waals surface area contributed by atoms with Crippen molar-refractivity contribution in [2.24, 2.45) is 4.99 Å². The number of benzene rings is 2. The quantitative estimate of drug-likeness (QED) is 0.108. The minimum atomic E-state index is -0.473. The summed E-state index contributed by atoms with van der Waals surface area (Å²) >= 11 is 11.7. The molecular weight excluding hydrogens is 528 g/mol. The van der Waals surface area contributed by atoms with Gasteiger partial charge in [-0.2, -0.15) is 4.98 Å². The molecule has 1 heterocycles. The highest BCUT2D eigenvalue weighted by Gasteiger charge is 2.21. The molecule has 1 aromatic heterocycles. The number of hydrogen-bond acceptors (Lipinski definition) is 9. The lowest BCUT2D eigenvalue weighted by atomic mass is 10.3. The monoisotopic (exact) mass is 556 g/mol. The van der Waals surface area contributed by atoms with Crippen LogP contribution >= 0.6 is 24.4 Å². The van der Waals surface area contributed by atoms with Gasteiger partial charge in [0.25, 0.3) is 11.4 Å². The van der Waals surface area contributed by atoms with Crippen molar-refractivity contribution in [1.29, 1.82) is 0 Å². The van der Waals surface area contributed by atoms with Gasteiger partial charge >= 0.3 is 0 Å². The molecular formula is C24H28N8O4S2. The molecule has 200 valence electrons. The van der Waals surface area contributed by atoms with Crippen LogP contribution in [0.4, 0.5) is 23.0 Å². The van der Waals surface area contributed by atoms with Crippen molar-refractivity contribution in [2.75, 3.05) is 31.1 Å². The van der Waals surface area contributed by atoms with E-state index in [0.29, 0.717) is 49.5 Å². The summed E-state index contributed by atoms with van der Waals surface area (Å²) in [7, 11) is 0. The molecule has 3 rings (SSSR count). The molecule has 0 saturated carbocycles. The van der Waals surface area contributed by atoms with Crippen molar-refractivity contribution in [1.82, 2.24) is 19.0 Å². The fourth-order valence-corrected chi connectivity index (χ4v) is 4.49. The van der Waals surface area contributed by atoms with Crippen LogP contribution in [0.15, 0.2) is 53.5 Å². The largest absolute Gasteiger partial charge is 0.342 e. The Hall–Kier alpha value is -4.04. The zero-order valence-electron chi connectivity index (χ0n) is 21.5. The maximum atomic E-state index is 11.2. The molecule has 0 N–H and O–H groups in total. The van der Waals surface area contributed by atoms with E-state index < -0.39 is 9.85 Å². The fraction of sp³-hybridized carbons (Fsp3) is 0.333. The minimum absolute atomic E-state index is 0.0461. The first-order valence-electron chi connectivity index (χ1n) is 12.0. The molecule has 0 unspecified atom stereocenters. The van der Waals surface area contributed by atoms with Crippen LogP contribution in [-0.4, -0.2) is 61.0 Å². The van der Waals surface area contributed by atoms with E-state index in [1.807, 2.05) is 37.5 Å². The molecule has 0 aliphatic heterocycles. The average molecular weight is 557 g/mol. The molecule has 12 nitrogen and oxygen atoms in total. The maximum Gasteiger partial charge on any atom is 0.269 e. The lowest BCUT2D eigenvalue weighted by Crippen LogP contribution is -2.38. The molecule has 0 radical (unpaired) electrons. The number of non-ortho nitro benzene ring substituents is 2. The molecule has 0 fully saturated rings. The van der Waals surface area contributed by atoms with E-state index in [9.17, 15) is 20.2 Å². The number of hydrogen-bond donors (Lipinski definition) is 0. The van der Waals surface area contributed by atoms with Crippen molar-refractivity contribution in [3.05, 3.63) is 78.3 Å². The highest BCUT2D eigenvalue weighted by atomic mass is 32.1. The summed E-state index contributed by atoms with van der Waals surface area (Å²) in [4.78, 5) is 34.8. The number of nitrogens with zero attached hydrogens (tertiary/aromatic N) is 8. The Morgan fingerprint density at radius 1 is 0.868 bits per heavy atom. The van der Waals surface area contributed by atoms with E-state index in [1.165, 1.54) is 24.3 Å². The average Bonchev–Trinajstić information content (AvgIpc) is 2.90. The molecule has 38 heavy (non-hydrogen) atoms. The van der Waals surface area contributed by atoms with E-state index in [-0.39, 0.29) is 20.9 Å². The Labute approximate surface area is 229 Å². The third-order valence-corrected chi connectivity index (χ3v) is 6.51. The van der Waals surface area contributed by atoms with Gasteiger partial charge in [-0.25, -0.2) is 9.56 Å². The fourth-order valence-electron chi connectivity index (χ4n) is 3.82. The van der Waals surface area contributed by atoms with Crippen LogP contribution in [0.25, 0.3) is 5.69 Å². The van der Waals surface area contributed by atoms with Crippen LogP contribution in [-0.2, 0) is 0 Å². The van der Waals surface area contributed by atoms with E-state index in [2.05, 4.69) is 0 Å². The van der Waals surface area contributed by atoms with Gasteiger partial charge in [-0.3, -0.25) is 24.8 Å². The Balaban J connectivity index is 2.35. The zero-order chi connectivity index (χ0) is 28.0. The van der Waals surface area contributed by atoms with Gasteiger partial charge in [-0.1, -0.05) is 0 Å². The number of aromatic nitrogens is 3. The first kappa shape index (κ1) is 28.5. The smallest absolute Gasteiger partial charge is 0.269 e. The SMILES string of the molecule is CCN(CC)C(=Nc1ccc([N+](=O)[O-])cc1)n1c(=S)nc(N(CC)CC)n(-c2ccc([N+](=O)[O-])cc2)c1=S. The Morgan fingerprint density at radius 3 is 1.82 bits per heavy atom. The number of anilines is 1. The second-order valence-corrected chi connectivity index (χ2v) is 8.68. The van der Waals surface area contributed by atoms with E-state index in [4.69, 9.17) is 34.4 Å². The van der Waals surface area contributed by atoms with Crippen molar-refractivity contribution in [2.45, 2.75) is 27.7 Å². The summed E-state index contributed by atoms with van der Waals surface area (Å²) < 4.78 is 3.75. The van der Waals surface area contributed by atoms with Crippen molar-refractivity contribution in [3.8, 4) is 5.69 Å². The van der Waals surface area contributed by atoms with Crippen molar-refractivity contribution >= 4 is 53.4 Å². The van der Waals surface area contributed by atoms with Gasteiger partial charge in [-0.05, 0) is 76.4 Å². The molecule has 0 atom stereocenters. The van der Waals surface area contributed by atoms with Gasteiger partial charge in [0.15, 0.2) is 4.77 Å². The molecule has 0 spiro atoms. The molecule has 0 amide bonds. The van der Waals surface area contributed by atoms with Gasteiger partial charge in [0.1, 0.15) is 0 Å². The summed E-state index contributed by atoms with van der Waals surface area (Å²) in [5, 5.41) is 22.3. The lowest BCUT2D eigenvalue weighted by molar-refractivity contribution is -0.385. The first-order valence-corrected chi connectivity index (χ1v) is 12.8. The molecule has 2 aromatic carbocycles. The third kappa shape index (κ3) is 5.92. The highest BCUT2D eigenvalue weighted by molar-refractivity contribution is 7.72. The number of aliphatic imine (C=N–C) groups is 1. The van der Waals surface area contributed by atoms with Crippen LogP contribution in [0.1, 0.15) is 27.7 Å². The standard InChI is InChI=1S/C24H28N8O4S2/c1-5-27(6-2)21(25-17-9-11-19(12-10-17)31(33)34)30-23(37)26-22(28(7-3)8-4)29(24(30)38)18-13-15-20(16-14-18)32(35)36/h9-16H,5-8H2,1-4H3. The summed E-state index contributed by atoms with van der Waals surface area (Å²) in [5.74, 6) is 0.914. The molecule has 0 aliphatic rings. The molecule has 0 saturated heterocycles. The predicted molar refractivity (Wildman–Crippen MR) is 152 cm³/mol. The third-order valence-electron chi connectivity index (χ3n) is 5.87. The zero-order valence-corrected chi connectivity index (χ0v) is 23.1. The molecule has 3 aromatic rings. The second-order valence-electron chi connectivity index (χ2n) is 7.95. The van der Waals surface area contributed by atoms with Gasteiger partial charge in [0.2, 0.25) is 16.7 Å². The topological polar surface area (TPSA) is 128 Å². The van der Waals surface area contributed by atoms with Gasteiger partial charge < -0.3 is 9.80 Å². The van der Waals surface area contributed by atoms with Crippen molar-refractivity contribution in [3.63, 3.8) is 0 Å².